The van der Waals surface area contributed by atoms with Crippen LogP contribution in [-0.2, 0) is 39.9 Å². The molecule has 0 fully saturated rings. The van der Waals surface area contributed by atoms with Gasteiger partial charge < -0.3 is 13.3 Å². The van der Waals surface area contributed by atoms with Crippen LogP contribution < -0.4 is 0 Å². The average Bonchev–Trinajstić information content (AvgIpc) is 2.60. The zero-order chi connectivity index (χ0) is 20.7. The molecule has 6 nitrogen and oxygen atoms in total. The molecular formula is C17H21F3O6Si. The molecule has 0 aromatic heterocycles. The van der Waals surface area contributed by atoms with Gasteiger partial charge in [0.25, 0.3) is 17.9 Å². The Morgan fingerprint density at radius 1 is 0.889 bits per heavy atom. The molecule has 0 aliphatic heterocycles. The van der Waals surface area contributed by atoms with Crippen molar-refractivity contribution in [3.63, 3.8) is 0 Å². The predicted octanol–water partition coefficient (Wildman–Crippen LogP) is 3.59. The minimum absolute atomic E-state index is 0.0631. The fourth-order valence-corrected chi connectivity index (χ4v) is 4.55. The molecule has 0 bridgehead atoms. The summed E-state index contributed by atoms with van der Waals surface area (Å²) >= 11 is 0. The van der Waals surface area contributed by atoms with Gasteiger partial charge >= 0.3 is 15.0 Å². The standard InChI is InChI=1S/C17H21F3O6Si/c1-4-14(21)24-27(25-15(22)5-2,26-16(23)6-3)11-12-8-7-9-13(10-12)17(18,19)20/h7-10H,4-6,11H2,1-3H3. The van der Waals surface area contributed by atoms with Crippen molar-refractivity contribution in [2.75, 3.05) is 0 Å². The first kappa shape index (κ1) is 22.7. The van der Waals surface area contributed by atoms with Crippen LogP contribution in [0, 0.1) is 0 Å². The second kappa shape index (κ2) is 9.54. The van der Waals surface area contributed by atoms with Crippen molar-refractivity contribution in [2.24, 2.45) is 0 Å². The summed E-state index contributed by atoms with van der Waals surface area (Å²) in [5.74, 6) is -2.37. The molecule has 0 unspecified atom stereocenters. The van der Waals surface area contributed by atoms with Gasteiger partial charge in [-0.3, -0.25) is 14.4 Å². The summed E-state index contributed by atoms with van der Waals surface area (Å²) in [6.07, 6.45) is -4.86. The van der Waals surface area contributed by atoms with E-state index in [1.165, 1.54) is 32.9 Å². The van der Waals surface area contributed by atoms with E-state index in [2.05, 4.69) is 0 Å². The number of hydrogen-bond donors (Lipinski definition) is 0. The van der Waals surface area contributed by atoms with Crippen molar-refractivity contribution in [1.29, 1.82) is 0 Å². The largest absolute Gasteiger partial charge is 0.709 e. The zero-order valence-electron chi connectivity index (χ0n) is 15.2. The van der Waals surface area contributed by atoms with Gasteiger partial charge in [0, 0.05) is 19.3 Å². The summed E-state index contributed by atoms with van der Waals surface area (Å²) in [5, 5.41) is 0. The number of halogens is 3. The maximum Gasteiger partial charge on any atom is 0.709 e. The number of hydrogen-bond acceptors (Lipinski definition) is 6. The lowest BCUT2D eigenvalue weighted by atomic mass is 10.1. The van der Waals surface area contributed by atoms with Crippen molar-refractivity contribution >= 4 is 26.7 Å². The maximum absolute atomic E-state index is 13.0. The molecule has 0 amide bonds. The first-order chi connectivity index (χ1) is 12.5. The predicted molar refractivity (Wildman–Crippen MR) is 90.1 cm³/mol. The van der Waals surface area contributed by atoms with Crippen LogP contribution in [0.4, 0.5) is 13.2 Å². The van der Waals surface area contributed by atoms with E-state index in [1.54, 1.807) is 0 Å². The molecule has 27 heavy (non-hydrogen) atoms. The molecule has 0 aliphatic carbocycles. The highest BCUT2D eigenvalue weighted by atomic mass is 28.4. The molecule has 0 radical (unpaired) electrons. The summed E-state index contributed by atoms with van der Waals surface area (Å²) in [5.41, 5.74) is -0.860. The van der Waals surface area contributed by atoms with E-state index in [0.717, 1.165) is 12.1 Å². The van der Waals surface area contributed by atoms with E-state index in [4.69, 9.17) is 13.3 Å². The SMILES string of the molecule is CCC(=O)O[Si](Cc1cccc(C(F)(F)F)c1)(OC(=O)CC)OC(=O)CC. The molecule has 0 N–H and O–H groups in total. The molecule has 0 saturated heterocycles. The van der Waals surface area contributed by atoms with Gasteiger partial charge in [-0.15, -0.1) is 0 Å². The number of carbonyl (C=O) groups is 3. The lowest BCUT2D eigenvalue weighted by molar-refractivity contribution is -0.150. The van der Waals surface area contributed by atoms with Crippen LogP contribution in [0.15, 0.2) is 24.3 Å². The van der Waals surface area contributed by atoms with Crippen molar-refractivity contribution < 1.29 is 40.8 Å². The van der Waals surface area contributed by atoms with Crippen molar-refractivity contribution in [2.45, 2.75) is 52.3 Å². The summed E-state index contributed by atoms with van der Waals surface area (Å²) in [6, 6.07) is 3.78. The Balaban J connectivity index is 3.33. The van der Waals surface area contributed by atoms with Crippen LogP contribution >= 0.6 is 0 Å². The van der Waals surface area contributed by atoms with Crippen molar-refractivity contribution in [1.82, 2.24) is 0 Å². The molecule has 1 rings (SSSR count). The highest BCUT2D eigenvalue weighted by Crippen LogP contribution is 2.30. The highest BCUT2D eigenvalue weighted by molar-refractivity contribution is 6.65. The quantitative estimate of drug-likeness (QED) is 0.614. The summed E-state index contributed by atoms with van der Waals surface area (Å²) < 4.78 is 54.4. The Kier molecular flexibility index (Phi) is 8.01. The van der Waals surface area contributed by atoms with Crippen LogP contribution in [0.2, 0.25) is 0 Å². The minimum Gasteiger partial charge on any atom is -0.455 e. The fourth-order valence-electron chi connectivity index (χ4n) is 2.02. The molecule has 1 aromatic carbocycles. The Labute approximate surface area is 156 Å². The number of carbonyl (C=O) groups excluding carboxylic acids is 3. The Hall–Kier alpha value is -2.36. The van der Waals surface area contributed by atoms with Gasteiger partial charge in [0.1, 0.15) is 0 Å². The zero-order valence-corrected chi connectivity index (χ0v) is 16.2. The molecule has 10 heteroatoms. The van der Waals surface area contributed by atoms with E-state index in [-0.39, 0.29) is 24.8 Å². The number of benzene rings is 1. The van der Waals surface area contributed by atoms with Gasteiger partial charge in [0.15, 0.2) is 0 Å². The monoisotopic (exact) mass is 406 g/mol. The van der Waals surface area contributed by atoms with Gasteiger partial charge in [0.2, 0.25) is 0 Å². The third-order valence-corrected chi connectivity index (χ3v) is 5.81. The van der Waals surface area contributed by atoms with E-state index in [1.807, 2.05) is 0 Å². The Morgan fingerprint density at radius 3 is 1.70 bits per heavy atom. The smallest absolute Gasteiger partial charge is 0.455 e. The number of alkyl halides is 3. The summed E-state index contributed by atoms with van der Waals surface area (Å²) in [6.45, 7) is 4.44. The van der Waals surface area contributed by atoms with Crippen LogP contribution in [0.3, 0.4) is 0 Å². The van der Waals surface area contributed by atoms with E-state index < -0.39 is 44.5 Å². The van der Waals surface area contributed by atoms with Crippen LogP contribution in [0.1, 0.15) is 51.2 Å². The summed E-state index contributed by atoms with van der Waals surface area (Å²) in [7, 11) is -4.29. The lowest BCUT2D eigenvalue weighted by Gasteiger charge is -2.27. The molecule has 0 atom stereocenters. The molecule has 0 spiro atoms. The van der Waals surface area contributed by atoms with E-state index in [9.17, 15) is 27.6 Å². The fraction of sp³-hybridized carbons (Fsp3) is 0.471. The van der Waals surface area contributed by atoms with Crippen LogP contribution in [0.5, 0.6) is 0 Å². The minimum atomic E-state index is -4.58. The van der Waals surface area contributed by atoms with Gasteiger partial charge in [-0.2, -0.15) is 13.2 Å². The molecule has 0 saturated carbocycles. The lowest BCUT2D eigenvalue weighted by Crippen LogP contribution is -2.52. The maximum atomic E-state index is 13.0. The summed E-state index contributed by atoms with van der Waals surface area (Å²) in [4.78, 5) is 35.5. The van der Waals surface area contributed by atoms with Gasteiger partial charge in [0.05, 0.1) is 11.6 Å². The van der Waals surface area contributed by atoms with Gasteiger partial charge in [-0.25, -0.2) is 0 Å². The Bertz CT molecular complexity index is 644. The third kappa shape index (κ3) is 7.04. The topological polar surface area (TPSA) is 78.9 Å². The first-order valence-electron chi connectivity index (χ1n) is 8.36. The van der Waals surface area contributed by atoms with Crippen molar-refractivity contribution in [3.8, 4) is 0 Å². The second-order valence-electron chi connectivity index (χ2n) is 5.54. The molecule has 1 aromatic rings. The van der Waals surface area contributed by atoms with Crippen molar-refractivity contribution in [3.05, 3.63) is 35.4 Å². The van der Waals surface area contributed by atoms with E-state index in [0.29, 0.717) is 0 Å². The average molecular weight is 406 g/mol. The van der Waals surface area contributed by atoms with Gasteiger partial charge in [-0.1, -0.05) is 39.0 Å². The number of rotatable bonds is 8. The second-order valence-corrected chi connectivity index (χ2v) is 7.87. The highest BCUT2D eigenvalue weighted by Gasteiger charge is 2.53. The molecule has 0 aliphatic rings. The van der Waals surface area contributed by atoms with Crippen LogP contribution in [-0.4, -0.2) is 26.7 Å². The molecular weight excluding hydrogens is 385 g/mol. The Morgan fingerprint density at radius 2 is 1.33 bits per heavy atom. The molecule has 150 valence electrons. The van der Waals surface area contributed by atoms with Gasteiger partial charge in [-0.05, 0) is 11.6 Å². The normalized spacial score (nSPS) is 11.6. The van der Waals surface area contributed by atoms with Crippen LogP contribution in [0.25, 0.3) is 0 Å². The third-order valence-electron chi connectivity index (χ3n) is 3.35. The van der Waals surface area contributed by atoms with E-state index >= 15 is 0 Å². The first-order valence-corrected chi connectivity index (χ1v) is 10.3. The molecule has 0 heterocycles.